The largest absolute Gasteiger partial charge is 0.168 e. The van der Waals surface area contributed by atoms with Crippen LogP contribution in [0.25, 0.3) is 21.5 Å². The zero-order valence-corrected chi connectivity index (χ0v) is 43.5. The molecule has 0 saturated carbocycles. The number of halogens is 2. The van der Waals surface area contributed by atoms with E-state index in [1.807, 2.05) is 24.3 Å². The Morgan fingerprint density at radius 3 is 0.919 bits per heavy atom. The molecular formula is C56H52Cl2Si2Zr2-2. The summed E-state index contributed by atoms with van der Waals surface area (Å²) in [6.07, 6.45) is 20.0. The molecule has 0 aromatic heterocycles. The minimum atomic E-state index is -0.204. The molecule has 0 spiro atoms. The van der Waals surface area contributed by atoms with Gasteiger partial charge in [-0.25, -0.2) is 24.3 Å². The Hall–Kier alpha value is -3.72. The molecule has 0 heterocycles. The molecule has 6 heteroatoms. The van der Waals surface area contributed by atoms with E-state index in [0.717, 1.165) is 12.8 Å². The maximum absolute atomic E-state index is 2.99. The Bertz CT molecular complexity index is 2170. The Morgan fingerprint density at radius 1 is 0.387 bits per heavy atom. The third kappa shape index (κ3) is 22.1. The molecule has 0 nitrogen and oxygen atoms in total. The molecule has 2 aliphatic carbocycles. The first-order valence-electron chi connectivity index (χ1n) is 20.5. The van der Waals surface area contributed by atoms with E-state index in [-0.39, 0.29) is 35.7 Å². The second-order valence-electron chi connectivity index (χ2n) is 14.2. The van der Waals surface area contributed by atoms with E-state index in [1.165, 1.54) is 68.0 Å². The van der Waals surface area contributed by atoms with Gasteiger partial charge < -0.3 is 24.8 Å². The van der Waals surface area contributed by atoms with Crippen molar-refractivity contribution in [2.75, 3.05) is 0 Å². The first kappa shape index (κ1) is 52.6. The van der Waals surface area contributed by atoms with Gasteiger partial charge in [0.05, 0.1) is 0 Å². The molecular weight excluding hydrogens is 982 g/mol. The van der Waals surface area contributed by atoms with Crippen molar-refractivity contribution < 1.29 is 71.5 Å². The quantitative estimate of drug-likeness (QED) is 0.107. The molecule has 0 bridgehead atoms. The predicted molar refractivity (Wildman–Crippen MR) is 254 cm³/mol. The molecule has 0 radical (unpaired) electrons. The first-order chi connectivity index (χ1) is 29.6. The number of hydrogen-bond donors (Lipinski definition) is 0. The molecule has 0 fully saturated rings. The molecule has 0 amide bonds. The Kier molecular flexibility index (Phi) is 27.9. The van der Waals surface area contributed by atoms with Crippen molar-refractivity contribution in [1.82, 2.24) is 0 Å². The van der Waals surface area contributed by atoms with Crippen molar-refractivity contribution in [2.45, 2.75) is 37.0 Å². The summed E-state index contributed by atoms with van der Waals surface area (Å²) in [5.74, 6) is 0. The van der Waals surface area contributed by atoms with Crippen LogP contribution in [0.5, 0.6) is 0 Å². The molecule has 62 heavy (non-hydrogen) atoms. The van der Waals surface area contributed by atoms with Crippen molar-refractivity contribution in [2.24, 2.45) is 0 Å². The van der Waals surface area contributed by atoms with Gasteiger partial charge in [-0.3, -0.25) is 12.2 Å². The van der Waals surface area contributed by atoms with E-state index < -0.39 is 0 Å². The molecule has 0 N–H and O–H groups in total. The molecule has 0 saturated heterocycles. The van der Waals surface area contributed by atoms with Gasteiger partial charge in [-0.15, -0.1) is 72.1 Å². The molecule has 0 unspecified atom stereocenters. The summed E-state index contributed by atoms with van der Waals surface area (Å²) in [5, 5.41) is 5.32. The van der Waals surface area contributed by atoms with Crippen LogP contribution in [0.15, 0.2) is 243 Å². The SMILES string of the molecule is [C-]1=CC=CC1.[C-]1=CC=CC1.[Cl-].[Cl-].[Zr+2]=[Si](Cc1ccccc1)Cc1ccccc1.[Zr+2]=[Si](Cc1ccccc1)Cc1ccccc1.c1ccc2[cH-]ccc2c1.c1ccc2[cH-]ccc2c1. The molecule has 308 valence electrons. The minimum absolute atomic E-state index is 0. The van der Waals surface area contributed by atoms with Crippen LogP contribution < -0.4 is 24.8 Å². The van der Waals surface area contributed by atoms with Gasteiger partial charge in [0.15, 0.2) is 0 Å². The van der Waals surface area contributed by atoms with Gasteiger partial charge in [-0.2, -0.15) is 47.2 Å². The van der Waals surface area contributed by atoms with Gasteiger partial charge in [-0.1, -0.05) is 12.1 Å². The smallest absolute Gasteiger partial charge is 0.0809 e. The molecule has 0 aliphatic heterocycles. The van der Waals surface area contributed by atoms with Crippen LogP contribution in [-0.4, -0.2) is 10.9 Å². The van der Waals surface area contributed by atoms with E-state index in [4.69, 9.17) is 0 Å². The van der Waals surface area contributed by atoms with E-state index in [2.05, 4.69) is 231 Å². The van der Waals surface area contributed by atoms with Crippen molar-refractivity contribution in [3.8, 4) is 0 Å². The summed E-state index contributed by atoms with van der Waals surface area (Å²) in [6, 6.07) is 78.1. The van der Waals surface area contributed by atoms with Gasteiger partial charge in [0.25, 0.3) is 0 Å². The second-order valence-corrected chi connectivity index (χ2v) is 28.4. The molecule has 8 aromatic carbocycles. The Balaban J connectivity index is 0.000000207. The molecule has 2 aliphatic rings. The first-order valence-corrected chi connectivity index (χ1v) is 31.8. The predicted octanol–water partition coefficient (Wildman–Crippen LogP) is 7.91. The van der Waals surface area contributed by atoms with Crippen molar-refractivity contribution >= 4 is 32.4 Å². The maximum atomic E-state index is 2.99. The summed E-state index contributed by atoms with van der Waals surface area (Å²) in [7, 11) is 0. The maximum Gasteiger partial charge on any atom is -0.0809 e. The average molecular weight is 1030 g/mol. The number of rotatable bonds is 8. The van der Waals surface area contributed by atoms with Crippen LogP contribution in [0, 0.1) is 12.2 Å². The topological polar surface area (TPSA) is 0 Å². The van der Waals surface area contributed by atoms with E-state index in [0.29, 0.717) is 0 Å². The Morgan fingerprint density at radius 2 is 0.677 bits per heavy atom. The fraction of sp³-hybridized carbons (Fsp3) is 0.107. The summed E-state index contributed by atoms with van der Waals surface area (Å²) in [4.78, 5) is 0. The van der Waals surface area contributed by atoms with Crippen molar-refractivity contribution in [1.29, 1.82) is 0 Å². The van der Waals surface area contributed by atoms with Crippen LogP contribution in [-0.2, 0) is 70.8 Å². The van der Waals surface area contributed by atoms with Crippen LogP contribution in [0.3, 0.4) is 0 Å². The third-order valence-corrected chi connectivity index (χ3v) is 17.9. The van der Waals surface area contributed by atoms with Crippen LogP contribution in [0.1, 0.15) is 35.1 Å². The second kappa shape index (κ2) is 32.9. The van der Waals surface area contributed by atoms with E-state index >= 15 is 0 Å². The van der Waals surface area contributed by atoms with Gasteiger partial charge in [-0.05, 0) is 0 Å². The number of hydrogen-bond acceptors (Lipinski definition) is 0. The van der Waals surface area contributed by atoms with Gasteiger partial charge in [0.1, 0.15) is 0 Å². The average Bonchev–Trinajstić information content (AvgIpc) is 4.16. The minimum Gasteiger partial charge on any atom is -0.168 e. The molecule has 8 aromatic rings. The fourth-order valence-electron chi connectivity index (χ4n) is 6.31. The monoisotopic (exact) mass is 1030 g/mol. The standard InChI is InChI=1S/2C14H14Si.2C9H7.2C5H5.2ClH.2Zr/c2*1-3-7-13(8-4-1)11-15-12-14-9-5-2-6-10-14;2*1-2-5-9-7-3-6-8(9)4-1;2*1-2-4-5-3-1;;;;/h2*1-10H,11-12H2;2*1-7H;2*1-3H,4H2;2*1H;;/q;;4*-1;;;2*+2/p-2. The zero-order chi connectivity index (χ0) is 41.7. The summed E-state index contributed by atoms with van der Waals surface area (Å²) < 4.78 is 0. The molecule has 10 rings (SSSR count). The van der Waals surface area contributed by atoms with Crippen LogP contribution in [0.2, 0.25) is 0 Å². The third-order valence-electron chi connectivity index (χ3n) is 9.31. The summed E-state index contributed by atoms with van der Waals surface area (Å²) in [6.45, 7) is 0. The van der Waals surface area contributed by atoms with Crippen LogP contribution >= 0.6 is 0 Å². The van der Waals surface area contributed by atoms with E-state index in [1.54, 1.807) is 46.7 Å². The van der Waals surface area contributed by atoms with Gasteiger partial charge in [0, 0.05) is 0 Å². The number of fused-ring (bicyclic) bond motifs is 2. The van der Waals surface area contributed by atoms with Gasteiger partial charge >= 0.3 is 225 Å². The van der Waals surface area contributed by atoms with Crippen molar-refractivity contribution in [3.05, 3.63) is 277 Å². The van der Waals surface area contributed by atoms with Crippen molar-refractivity contribution in [3.63, 3.8) is 0 Å². The number of allylic oxidation sites excluding steroid dienone is 8. The summed E-state index contributed by atoms with van der Waals surface area (Å²) >= 11 is 3.47. The fourth-order valence-corrected chi connectivity index (χ4v) is 15.5. The number of benzene rings is 6. The zero-order valence-electron chi connectivity index (χ0n) is 35.1. The van der Waals surface area contributed by atoms with E-state index in [9.17, 15) is 0 Å². The molecule has 0 atom stereocenters. The Labute approximate surface area is 413 Å². The summed E-state index contributed by atoms with van der Waals surface area (Å²) in [5.41, 5.74) is 5.61. The van der Waals surface area contributed by atoms with Gasteiger partial charge in [0.2, 0.25) is 0 Å². The normalized spacial score (nSPS) is 11.0. The van der Waals surface area contributed by atoms with Crippen LogP contribution in [0.4, 0.5) is 0 Å².